The van der Waals surface area contributed by atoms with Crippen molar-refractivity contribution in [3.63, 3.8) is 0 Å². The van der Waals surface area contributed by atoms with E-state index in [9.17, 15) is 4.79 Å². The van der Waals surface area contributed by atoms with Gasteiger partial charge < -0.3 is 9.30 Å². The minimum Gasteiger partial charge on any atom is -0.457 e. The molecule has 4 saturated carbocycles. The van der Waals surface area contributed by atoms with Crippen LogP contribution in [0.15, 0.2) is 42.7 Å². The molecule has 4 aliphatic rings. The highest BCUT2D eigenvalue weighted by atomic mass is 16.5. The van der Waals surface area contributed by atoms with E-state index in [0.29, 0.717) is 0 Å². The van der Waals surface area contributed by atoms with Gasteiger partial charge in [0.05, 0.1) is 5.41 Å². The standard InChI is InChI=1S/C22H26N2O2/c25-21(22-11-17-8-18(12-22)10-19(9-17)13-22)26-15-20-23-6-7-24(20)14-16-4-2-1-3-5-16/h1-7,17-19H,8-15H2. The van der Waals surface area contributed by atoms with Gasteiger partial charge in [0.2, 0.25) is 0 Å². The summed E-state index contributed by atoms with van der Waals surface area (Å²) in [5.74, 6) is 3.13. The summed E-state index contributed by atoms with van der Waals surface area (Å²) >= 11 is 0. The number of carbonyl (C=O) groups is 1. The Hall–Kier alpha value is -2.10. The zero-order valence-electron chi connectivity index (χ0n) is 15.1. The molecule has 1 aromatic heterocycles. The largest absolute Gasteiger partial charge is 0.457 e. The maximum atomic E-state index is 13.0. The van der Waals surface area contributed by atoms with E-state index in [4.69, 9.17) is 4.74 Å². The third-order valence-electron chi connectivity index (χ3n) is 6.80. The van der Waals surface area contributed by atoms with E-state index in [1.807, 2.05) is 24.4 Å². The fourth-order valence-corrected chi connectivity index (χ4v) is 6.05. The Morgan fingerprint density at radius 1 is 1.08 bits per heavy atom. The van der Waals surface area contributed by atoms with Crippen LogP contribution in [0.4, 0.5) is 0 Å². The molecule has 4 bridgehead atoms. The Morgan fingerprint density at radius 2 is 1.73 bits per heavy atom. The van der Waals surface area contributed by atoms with E-state index in [1.54, 1.807) is 6.20 Å². The van der Waals surface area contributed by atoms with Gasteiger partial charge in [-0.25, -0.2) is 4.98 Å². The normalized spacial score (nSPS) is 31.9. The maximum Gasteiger partial charge on any atom is 0.312 e. The Labute approximate surface area is 154 Å². The second kappa shape index (κ2) is 6.26. The van der Waals surface area contributed by atoms with Gasteiger partial charge in [0.1, 0.15) is 12.4 Å². The number of benzene rings is 1. The lowest BCUT2D eigenvalue weighted by Crippen LogP contribution is -2.50. The van der Waals surface area contributed by atoms with Crippen LogP contribution in [-0.2, 0) is 22.7 Å². The van der Waals surface area contributed by atoms with Crippen molar-refractivity contribution in [2.45, 2.75) is 51.7 Å². The molecular formula is C22H26N2O2. The van der Waals surface area contributed by atoms with Crippen molar-refractivity contribution in [3.8, 4) is 0 Å². The van der Waals surface area contributed by atoms with Gasteiger partial charge in [-0.1, -0.05) is 30.3 Å². The van der Waals surface area contributed by atoms with Gasteiger partial charge in [-0.05, 0) is 61.8 Å². The number of imidazole rings is 1. The fraction of sp³-hybridized carbons (Fsp3) is 0.545. The first-order chi connectivity index (χ1) is 12.7. The third kappa shape index (κ3) is 2.85. The number of hydrogen-bond donors (Lipinski definition) is 0. The van der Waals surface area contributed by atoms with E-state index >= 15 is 0 Å². The van der Waals surface area contributed by atoms with Crippen LogP contribution in [0.2, 0.25) is 0 Å². The van der Waals surface area contributed by atoms with Crippen molar-refractivity contribution in [1.29, 1.82) is 0 Å². The quantitative estimate of drug-likeness (QED) is 0.760. The zero-order valence-corrected chi connectivity index (χ0v) is 15.1. The van der Waals surface area contributed by atoms with Crippen molar-refractivity contribution in [3.05, 3.63) is 54.1 Å². The molecule has 0 N–H and O–H groups in total. The van der Waals surface area contributed by atoms with Gasteiger partial charge in [0.15, 0.2) is 0 Å². The first-order valence-corrected chi connectivity index (χ1v) is 9.91. The van der Waals surface area contributed by atoms with Crippen LogP contribution in [0.25, 0.3) is 0 Å². The minimum absolute atomic E-state index is 0.0332. The van der Waals surface area contributed by atoms with Crippen LogP contribution in [-0.4, -0.2) is 15.5 Å². The lowest BCUT2D eigenvalue weighted by atomic mass is 9.49. The third-order valence-corrected chi connectivity index (χ3v) is 6.80. The average Bonchev–Trinajstić information content (AvgIpc) is 3.06. The highest BCUT2D eigenvalue weighted by molar-refractivity contribution is 5.77. The van der Waals surface area contributed by atoms with Crippen LogP contribution in [0, 0.1) is 23.2 Å². The molecule has 0 atom stereocenters. The molecule has 136 valence electrons. The van der Waals surface area contributed by atoms with Crippen molar-refractivity contribution in [1.82, 2.24) is 9.55 Å². The molecule has 1 heterocycles. The van der Waals surface area contributed by atoms with Crippen LogP contribution in [0.1, 0.15) is 49.9 Å². The summed E-state index contributed by atoms with van der Waals surface area (Å²) in [6.07, 6.45) is 10.9. The molecule has 4 heteroatoms. The number of carbonyl (C=O) groups excluding carboxylic acids is 1. The monoisotopic (exact) mass is 350 g/mol. The number of ether oxygens (including phenoxy) is 1. The van der Waals surface area contributed by atoms with Crippen molar-refractivity contribution >= 4 is 5.97 Å². The molecule has 6 rings (SSSR count). The number of hydrogen-bond acceptors (Lipinski definition) is 3. The van der Waals surface area contributed by atoms with Crippen molar-refractivity contribution in [2.24, 2.45) is 23.2 Å². The van der Waals surface area contributed by atoms with E-state index < -0.39 is 0 Å². The lowest BCUT2D eigenvalue weighted by Gasteiger charge is -2.55. The van der Waals surface area contributed by atoms with E-state index in [0.717, 1.165) is 49.4 Å². The van der Waals surface area contributed by atoms with Gasteiger partial charge >= 0.3 is 5.97 Å². The summed E-state index contributed by atoms with van der Waals surface area (Å²) in [7, 11) is 0. The lowest BCUT2D eigenvalue weighted by molar-refractivity contribution is -0.173. The van der Waals surface area contributed by atoms with Gasteiger partial charge in [-0.2, -0.15) is 0 Å². The molecule has 0 amide bonds. The fourth-order valence-electron chi connectivity index (χ4n) is 6.05. The Bertz CT molecular complexity index is 760. The molecule has 0 spiro atoms. The molecule has 2 aromatic rings. The first-order valence-electron chi connectivity index (χ1n) is 9.91. The maximum absolute atomic E-state index is 13.0. The van der Waals surface area contributed by atoms with Crippen LogP contribution in [0.3, 0.4) is 0 Å². The summed E-state index contributed by atoms with van der Waals surface area (Å²) in [6.45, 7) is 1.03. The summed E-state index contributed by atoms with van der Waals surface area (Å²) in [5.41, 5.74) is 1.03. The molecular weight excluding hydrogens is 324 g/mol. The van der Waals surface area contributed by atoms with Gasteiger partial charge in [0.25, 0.3) is 0 Å². The Balaban J connectivity index is 1.26. The van der Waals surface area contributed by atoms with Gasteiger partial charge in [0, 0.05) is 18.9 Å². The van der Waals surface area contributed by atoms with Gasteiger partial charge in [-0.15, -0.1) is 0 Å². The second-order valence-corrected chi connectivity index (χ2v) is 8.73. The zero-order chi connectivity index (χ0) is 17.6. The van der Waals surface area contributed by atoms with E-state index in [-0.39, 0.29) is 18.0 Å². The van der Waals surface area contributed by atoms with E-state index in [2.05, 4.69) is 21.7 Å². The van der Waals surface area contributed by atoms with Crippen LogP contribution in [0.5, 0.6) is 0 Å². The molecule has 0 aliphatic heterocycles. The minimum atomic E-state index is -0.189. The smallest absolute Gasteiger partial charge is 0.312 e. The molecule has 26 heavy (non-hydrogen) atoms. The number of nitrogens with zero attached hydrogens (tertiary/aromatic N) is 2. The van der Waals surface area contributed by atoms with Crippen molar-refractivity contribution < 1.29 is 9.53 Å². The number of rotatable bonds is 5. The summed E-state index contributed by atoms with van der Waals surface area (Å²) in [4.78, 5) is 17.4. The highest BCUT2D eigenvalue weighted by Gasteiger charge is 2.55. The van der Waals surface area contributed by atoms with Crippen LogP contribution >= 0.6 is 0 Å². The van der Waals surface area contributed by atoms with E-state index in [1.165, 1.54) is 24.8 Å². The molecule has 0 radical (unpaired) electrons. The number of esters is 1. The average molecular weight is 350 g/mol. The molecule has 4 fully saturated rings. The topological polar surface area (TPSA) is 44.1 Å². The predicted molar refractivity (Wildman–Crippen MR) is 98.2 cm³/mol. The summed E-state index contributed by atoms with van der Waals surface area (Å²) < 4.78 is 7.90. The SMILES string of the molecule is O=C(OCc1nccn1Cc1ccccc1)C12CC3CC(CC(C3)C1)C2. The Kier molecular flexibility index (Phi) is 3.87. The molecule has 1 aromatic carbocycles. The summed E-state index contributed by atoms with van der Waals surface area (Å²) in [6, 6.07) is 10.3. The number of aromatic nitrogens is 2. The first kappa shape index (κ1) is 16.1. The van der Waals surface area contributed by atoms with Gasteiger partial charge in [-0.3, -0.25) is 4.79 Å². The molecule has 0 unspecified atom stereocenters. The highest BCUT2D eigenvalue weighted by Crippen LogP contribution is 2.60. The Morgan fingerprint density at radius 3 is 2.38 bits per heavy atom. The summed E-state index contributed by atoms with van der Waals surface area (Å²) in [5, 5.41) is 0. The predicted octanol–water partition coefficient (Wildman–Crippen LogP) is 4.19. The molecule has 4 nitrogen and oxygen atoms in total. The molecule has 4 aliphatic carbocycles. The van der Waals surface area contributed by atoms with Crippen molar-refractivity contribution in [2.75, 3.05) is 0 Å². The van der Waals surface area contributed by atoms with Crippen LogP contribution < -0.4 is 0 Å². The second-order valence-electron chi connectivity index (χ2n) is 8.73. The molecule has 0 saturated heterocycles.